The van der Waals surface area contributed by atoms with Crippen molar-refractivity contribution in [2.24, 2.45) is 39.9 Å². The first-order valence-electron chi connectivity index (χ1n) is 10.9. The third kappa shape index (κ3) is 2.03. The van der Waals surface area contributed by atoms with E-state index in [-0.39, 0.29) is 23.2 Å². The van der Waals surface area contributed by atoms with Crippen LogP contribution in [0.5, 0.6) is 0 Å². The monoisotopic (exact) mass is 346 g/mol. The third-order valence-electron chi connectivity index (χ3n) is 9.61. The topological polar surface area (TPSA) is 57.5 Å². The van der Waals surface area contributed by atoms with Gasteiger partial charge in [0.05, 0.1) is 6.10 Å². The number of carbonyl (C=O) groups excluding carboxylic acids is 1. The van der Waals surface area contributed by atoms with Gasteiger partial charge >= 0.3 is 0 Å². The van der Waals surface area contributed by atoms with Crippen LogP contribution in [0.2, 0.25) is 0 Å². The molecule has 2 N–H and O–H groups in total. The fraction of sp³-hybridized carbons (Fsp3) is 0.955. The largest absolute Gasteiger partial charge is 0.393 e. The second-order valence-electron chi connectivity index (χ2n) is 10.3. The van der Waals surface area contributed by atoms with Gasteiger partial charge in [-0.2, -0.15) is 0 Å². The Hall–Kier alpha value is -0.410. The summed E-state index contributed by atoms with van der Waals surface area (Å²) >= 11 is 0. The molecule has 5 aliphatic carbocycles. The average molecular weight is 347 g/mol. The lowest BCUT2D eigenvalue weighted by Crippen LogP contribution is -2.41. The zero-order valence-electron chi connectivity index (χ0n) is 15.8. The van der Waals surface area contributed by atoms with Crippen LogP contribution in [0.1, 0.15) is 78.1 Å². The van der Waals surface area contributed by atoms with Gasteiger partial charge in [0.2, 0.25) is 0 Å². The molecule has 0 saturated heterocycles. The Bertz CT molecular complexity index is 588. The Balaban J connectivity index is 1.15. The number of rotatable bonds is 8. The van der Waals surface area contributed by atoms with E-state index in [0.29, 0.717) is 22.7 Å². The summed E-state index contributed by atoms with van der Waals surface area (Å²) in [7, 11) is 0. The molecule has 3 nitrogen and oxygen atoms in total. The summed E-state index contributed by atoms with van der Waals surface area (Å²) in [5, 5.41) is 21.4. The van der Waals surface area contributed by atoms with Crippen LogP contribution in [0.15, 0.2) is 0 Å². The highest BCUT2D eigenvalue weighted by molar-refractivity contribution is 5.98. The average Bonchev–Trinajstić information content (AvgIpc) is 3.49. The van der Waals surface area contributed by atoms with E-state index in [9.17, 15) is 15.0 Å². The van der Waals surface area contributed by atoms with Crippen molar-refractivity contribution in [1.82, 2.24) is 0 Å². The molecule has 6 unspecified atom stereocenters. The molecule has 5 fully saturated rings. The SMILES string of the molecule is CCC1(CC(O)C2CCC(C(O)C(=O)C3(CC)C4C5CC543)CC2)CC1. The lowest BCUT2D eigenvalue weighted by molar-refractivity contribution is -0.139. The number of hydrogen-bond donors (Lipinski definition) is 2. The second-order valence-corrected chi connectivity index (χ2v) is 10.3. The fourth-order valence-electron chi connectivity index (χ4n) is 7.25. The normalized spacial score (nSPS) is 50.2. The van der Waals surface area contributed by atoms with Gasteiger partial charge in [-0.05, 0) is 92.3 Å². The molecule has 0 heterocycles. The van der Waals surface area contributed by atoms with Gasteiger partial charge in [0.1, 0.15) is 6.10 Å². The summed E-state index contributed by atoms with van der Waals surface area (Å²) < 4.78 is 0. The van der Waals surface area contributed by atoms with E-state index in [4.69, 9.17) is 0 Å². The highest BCUT2D eigenvalue weighted by Crippen LogP contribution is 3.07. The first kappa shape index (κ1) is 16.7. The number of fused-ring (bicyclic) bond motifs is 1. The molecule has 3 heteroatoms. The summed E-state index contributed by atoms with van der Waals surface area (Å²) in [6.45, 7) is 4.38. The Morgan fingerprint density at radius 1 is 1.04 bits per heavy atom. The quantitative estimate of drug-likeness (QED) is 0.704. The van der Waals surface area contributed by atoms with Gasteiger partial charge in [-0.25, -0.2) is 0 Å². The van der Waals surface area contributed by atoms with Crippen LogP contribution in [-0.4, -0.2) is 28.2 Å². The molecule has 5 aliphatic rings. The van der Waals surface area contributed by atoms with E-state index >= 15 is 0 Å². The third-order valence-corrected chi connectivity index (χ3v) is 9.61. The van der Waals surface area contributed by atoms with Crippen LogP contribution in [0.3, 0.4) is 0 Å². The van der Waals surface area contributed by atoms with Gasteiger partial charge in [0.15, 0.2) is 5.78 Å². The number of aliphatic hydroxyl groups excluding tert-OH is 2. The molecule has 0 aromatic heterocycles. The first-order valence-corrected chi connectivity index (χ1v) is 10.9. The number of ketones is 1. The van der Waals surface area contributed by atoms with Crippen LogP contribution >= 0.6 is 0 Å². The highest BCUT2D eigenvalue weighted by Gasteiger charge is 3.06. The molecule has 0 bridgehead atoms. The van der Waals surface area contributed by atoms with Gasteiger partial charge in [0.25, 0.3) is 0 Å². The Labute approximate surface area is 151 Å². The molecule has 0 aliphatic heterocycles. The van der Waals surface area contributed by atoms with Crippen molar-refractivity contribution < 1.29 is 15.0 Å². The minimum Gasteiger partial charge on any atom is -0.393 e. The standard InChI is InChI=1S/C22H34O3/c1-3-20(9-10-20)12-16(23)13-5-7-14(8-6-13)17(24)19(25)21(4-2)18-15-11-22(15,18)21/h13-18,23-24H,3-12H2,1-2H3. The van der Waals surface area contributed by atoms with Crippen LogP contribution in [0.25, 0.3) is 0 Å². The van der Waals surface area contributed by atoms with E-state index in [1.807, 2.05) is 0 Å². The minimum absolute atomic E-state index is 0.118. The van der Waals surface area contributed by atoms with Crippen molar-refractivity contribution in [1.29, 1.82) is 0 Å². The van der Waals surface area contributed by atoms with Crippen molar-refractivity contribution in [3.8, 4) is 0 Å². The maximum atomic E-state index is 13.0. The van der Waals surface area contributed by atoms with E-state index in [1.54, 1.807) is 0 Å². The molecule has 1 spiro atoms. The van der Waals surface area contributed by atoms with Crippen LogP contribution in [0.4, 0.5) is 0 Å². The van der Waals surface area contributed by atoms with Crippen molar-refractivity contribution in [3.05, 3.63) is 0 Å². The van der Waals surface area contributed by atoms with Crippen LogP contribution < -0.4 is 0 Å². The first-order chi connectivity index (χ1) is 12.0. The molecular formula is C22H34O3. The van der Waals surface area contributed by atoms with Gasteiger partial charge in [-0.15, -0.1) is 0 Å². The lowest BCUT2D eigenvalue weighted by atomic mass is 9.72. The predicted octanol–water partition coefficient (Wildman–Crippen LogP) is 3.71. The van der Waals surface area contributed by atoms with Gasteiger partial charge in [-0.3, -0.25) is 4.79 Å². The maximum absolute atomic E-state index is 13.0. The van der Waals surface area contributed by atoms with Crippen LogP contribution in [-0.2, 0) is 4.79 Å². The summed E-state index contributed by atoms with van der Waals surface area (Å²) in [4.78, 5) is 13.0. The number of aliphatic hydroxyl groups is 2. The zero-order valence-corrected chi connectivity index (χ0v) is 15.8. The minimum atomic E-state index is -0.744. The molecule has 0 aromatic carbocycles. The summed E-state index contributed by atoms with van der Waals surface area (Å²) in [6.07, 6.45) is 9.76. The maximum Gasteiger partial charge on any atom is 0.168 e. The molecule has 6 atom stereocenters. The van der Waals surface area contributed by atoms with E-state index < -0.39 is 6.10 Å². The van der Waals surface area contributed by atoms with Crippen molar-refractivity contribution >= 4 is 5.78 Å². The molecule has 0 amide bonds. The smallest absolute Gasteiger partial charge is 0.168 e. The molecule has 25 heavy (non-hydrogen) atoms. The fourth-order valence-corrected chi connectivity index (χ4v) is 7.25. The number of carbonyl (C=O) groups is 1. The van der Waals surface area contributed by atoms with Crippen molar-refractivity contribution in [2.45, 2.75) is 90.3 Å². The van der Waals surface area contributed by atoms with Gasteiger partial charge < -0.3 is 10.2 Å². The number of Topliss-reactive ketones (excluding diaryl/α,β-unsaturated/α-hetero) is 1. The Morgan fingerprint density at radius 3 is 2.08 bits per heavy atom. The van der Waals surface area contributed by atoms with E-state index in [2.05, 4.69) is 13.8 Å². The van der Waals surface area contributed by atoms with E-state index in [0.717, 1.165) is 44.4 Å². The molecule has 140 valence electrons. The molecule has 5 rings (SSSR count). The molecule has 5 saturated carbocycles. The summed E-state index contributed by atoms with van der Waals surface area (Å²) in [5.74, 6) is 2.19. The molecule has 0 aromatic rings. The molecular weight excluding hydrogens is 312 g/mol. The van der Waals surface area contributed by atoms with Crippen molar-refractivity contribution in [2.75, 3.05) is 0 Å². The van der Waals surface area contributed by atoms with Crippen molar-refractivity contribution in [3.63, 3.8) is 0 Å². The summed E-state index contributed by atoms with van der Waals surface area (Å²) in [6, 6.07) is 0. The lowest BCUT2D eigenvalue weighted by Gasteiger charge is -2.35. The van der Waals surface area contributed by atoms with Gasteiger partial charge in [-0.1, -0.05) is 20.3 Å². The molecule has 0 radical (unpaired) electrons. The highest BCUT2D eigenvalue weighted by atomic mass is 16.3. The Morgan fingerprint density at radius 2 is 1.64 bits per heavy atom. The van der Waals surface area contributed by atoms with Gasteiger partial charge in [0, 0.05) is 5.41 Å². The number of hydrogen-bond acceptors (Lipinski definition) is 3. The van der Waals surface area contributed by atoms with E-state index in [1.165, 1.54) is 25.7 Å². The Kier molecular flexibility index (Phi) is 3.41. The predicted molar refractivity (Wildman–Crippen MR) is 95.8 cm³/mol. The zero-order chi connectivity index (χ0) is 17.6. The van der Waals surface area contributed by atoms with Crippen LogP contribution in [0, 0.1) is 39.9 Å². The summed E-state index contributed by atoms with van der Waals surface area (Å²) in [5.41, 5.74) is 0.700. The second kappa shape index (κ2) is 5.10.